The number of piperidine rings is 1. The number of benzene rings is 1. The van der Waals surface area contributed by atoms with Crippen molar-refractivity contribution in [2.75, 3.05) is 6.54 Å². The van der Waals surface area contributed by atoms with Crippen LogP contribution < -0.4 is 5.32 Å². The SMILES string of the molecule is CCc1cccc(C2CCC(C)CN2)c1. The zero-order chi connectivity index (χ0) is 10.7. The van der Waals surface area contributed by atoms with Crippen LogP contribution in [0.25, 0.3) is 0 Å². The third-order valence-corrected chi connectivity index (χ3v) is 3.42. The molecule has 1 saturated heterocycles. The lowest BCUT2D eigenvalue weighted by molar-refractivity contribution is 0.333. The lowest BCUT2D eigenvalue weighted by atomic mass is 9.91. The highest BCUT2D eigenvalue weighted by atomic mass is 14.9. The Morgan fingerprint density at radius 2 is 2.20 bits per heavy atom. The summed E-state index contributed by atoms with van der Waals surface area (Å²) in [5, 5.41) is 3.64. The van der Waals surface area contributed by atoms with Gasteiger partial charge in [0.15, 0.2) is 0 Å². The minimum atomic E-state index is 0.590. The highest BCUT2D eigenvalue weighted by Crippen LogP contribution is 2.25. The Labute approximate surface area is 92.9 Å². The van der Waals surface area contributed by atoms with Crippen molar-refractivity contribution in [3.05, 3.63) is 35.4 Å². The van der Waals surface area contributed by atoms with Gasteiger partial charge in [-0.05, 0) is 42.9 Å². The molecule has 82 valence electrons. The minimum Gasteiger partial charge on any atom is -0.310 e. The van der Waals surface area contributed by atoms with E-state index >= 15 is 0 Å². The molecule has 1 aliphatic heterocycles. The average molecular weight is 203 g/mol. The maximum atomic E-state index is 3.64. The van der Waals surface area contributed by atoms with E-state index in [1.54, 1.807) is 0 Å². The van der Waals surface area contributed by atoms with Gasteiger partial charge in [-0.2, -0.15) is 0 Å². The van der Waals surface area contributed by atoms with Gasteiger partial charge in [0.05, 0.1) is 0 Å². The Kier molecular flexibility index (Phi) is 3.42. The van der Waals surface area contributed by atoms with Crippen LogP contribution in [0.5, 0.6) is 0 Å². The summed E-state index contributed by atoms with van der Waals surface area (Å²) in [7, 11) is 0. The van der Waals surface area contributed by atoms with Gasteiger partial charge in [0.25, 0.3) is 0 Å². The molecule has 1 aromatic rings. The zero-order valence-electron chi connectivity index (χ0n) is 9.79. The first kappa shape index (κ1) is 10.7. The van der Waals surface area contributed by atoms with E-state index < -0.39 is 0 Å². The smallest absolute Gasteiger partial charge is 0.0320 e. The molecule has 0 aromatic heterocycles. The lowest BCUT2D eigenvalue weighted by Gasteiger charge is -2.28. The fourth-order valence-electron chi connectivity index (χ4n) is 2.31. The van der Waals surface area contributed by atoms with Gasteiger partial charge in [-0.1, -0.05) is 38.1 Å². The van der Waals surface area contributed by atoms with Gasteiger partial charge < -0.3 is 5.32 Å². The van der Waals surface area contributed by atoms with Crippen LogP contribution in [0.3, 0.4) is 0 Å². The summed E-state index contributed by atoms with van der Waals surface area (Å²) in [6.07, 6.45) is 3.78. The van der Waals surface area contributed by atoms with Crippen molar-refractivity contribution >= 4 is 0 Å². The van der Waals surface area contributed by atoms with Gasteiger partial charge in [0.1, 0.15) is 0 Å². The monoisotopic (exact) mass is 203 g/mol. The standard InChI is InChI=1S/C14H21N/c1-3-12-5-4-6-13(9-12)14-8-7-11(2)10-15-14/h4-6,9,11,14-15H,3,7-8,10H2,1-2H3. The third-order valence-electron chi connectivity index (χ3n) is 3.42. The molecule has 15 heavy (non-hydrogen) atoms. The Morgan fingerprint density at radius 3 is 2.87 bits per heavy atom. The second kappa shape index (κ2) is 4.80. The van der Waals surface area contributed by atoms with Gasteiger partial charge in [0, 0.05) is 6.04 Å². The molecule has 1 heteroatoms. The first-order valence-corrected chi connectivity index (χ1v) is 6.12. The number of hydrogen-bond donors (Lipinski definition) is 1. The summed E-state index contributed by atoms with van der Waals surface area (Å²) in [5.41, 5.74) is 2.93. The van der Waals surface area contributed by atoms with E-state index in [1.165, 1.54) is 30.5 Å². The van der Waals surface area contributed by atoms with Crippen LogP contribution in [-0.2, 0) is 6.42 Å². The molecular weight excluding hydrogens is 182 g/mol. The van der Waals surface area contributed by atoms with Crippen molar-refractivity contribution in [3.8, 4) is 0 Å². The van der Waals surface area contributed by atoms with E-state index in [-0.39, 0.29) is 0 Å². The predicted molar refractivity (Wildman–Crippen MR) is 65.0 cm³/mol. The van der Waals surface area contributed by atoms with Crippen LogP contribution in [0.4, 0.5) is 0 Å². The minimum absolute atomic E-state index is 0.590. The zero-order valence-corrected chi connectivity index (χ0v) is 9.79. The largest absolute Gasteiger partial charge is 0.310 e. The molecular formula is C14H21N. The van der Waals surface area contributed by atoms with Crippen molar-refractivity contribution in [1.29, 1.82) is 0 Å². The van der Waals surface area contributed by atoms with Crippen molar-refractivity contribution in [2.45, 2.75) is 39.2 Å². The number of nitrogens with one attached hydrogen (secondary N) is 1. The molecule has 1 nitrogen and oxygen atoms in total. The van der Waals surface area contributed by atoms with Crippen molar-refractivity contribution in [1.82, 2.24) is 5.32 Å². The molecule has 0 spiro atoms. The maximum Gasteiger partial charge on any atom is 0.0320 e. The van der Waals surface area contributed by atoms with Crippen molar-refractivity contribution < 1.29 is 0 Å². The summed E-state index contributed by atoms with van der Waals surface area (Å²) >= 11 is 0. The van der Waals surface area contributed by atoms with Crippen LogP contribution in [-0.4, -0.2) is 6.54 Å². The van der Waals surface area contributed by atoms with E-state index in [9.17, 15) is 0 Å². The molecule has 2 unspecified atom stereocenters. The summed E-state index contributed by atoms with van der Waals surface area (Å²) in [4.78, 5) is 0. The molecule has 0 amide bonds. The second-order valence-corrected chi connectivity index (χ2v) is 4.74. The number of rotatable bonds is 2. The molecule has 0 saturated carbocycles. The van der Waals surface area contributed by atoms with Gasteiger partial charge in [0.2, 0.25) is 0 Å². The molecule has 0 radical (unpaired) electrons. The van der Waals surface area contributed by atoms with Crippen LogP contribution in [0.2, 0.25) is 0 Å². The Balaban J connectivity index is 2.08. The van der Waals surface area contributed by atoms with Crippen molar-refractivity contribution in [2.24, 2.45) is 5.92 Å². The van der Waals surface area contributed by atoms with Crippen LogP contribution in [0, 0.1) is 5.92 Å². The van der Waals surface area contributed by atoms with Gasteiger partial charge in [-0.3, -0.25) is 0 Å². The molecule has 0 bridgehead atoms. The quantitative estimate of drug-likeness (QED) is 0.777. The summed E-state index contributed by atoms with van der Waals surface area (Å²) in [5.74, 6) is 0.843. The highest BCUT2D eigenvalue weighted by molar-refractivity contribution is 5.26. The van der Waals surface area contributed by atoms with E-state index in [2.05, 4.69) is 43.4 Å². The normalized spacial score (nSPS) is 26.5. The van der Waals surface area contributed by atoms with Gasteiger partial charge in [-0.15, -0.1) is 0 Å². The van der Waals surface area contributed by atoms with E-state index in [4.69, 9.17) is 0 Å². The fraction of sp³-hybridized carbons (Fsp3) is 0.571. The summed E-state index contributed by atoms with van der Waals surface area (Å²) < 4.78 is 0. The van der Waals surface area contributed by atoms with Crippen molar-refractivity contribution in [3.63, 3.8) is 0 Å². The highest BCUT2D eigenvalue weighted by Gasteiger charge is 2.18. The maximum absolute atomic E-state index is 3.64. The number of aryl methyl sites for hydroxylation is 1. The lowest BCUT2D eigenvalue weighted by Crippen LogP contribution is -2.31. The van der Waals surface area contributed by atoms with Crippen LogP contribution in [0.1, 0.15) is 43.9 Å². The van der Waals surface area contributed by atoms with Crippen LogP contribution >= 0.6 is 0 Å². The molecule has 1 N–H and O–H groups in total. The van der Waals surface area contributed by atoms with Crippen LogP contribution in [0.15, 0.2) is 24.3 Å². The third kappa shape index (κ3) is 2.60. The Hall–Kier alpha value is -0.820. The molecule has 1 fully saturated rings. The second-order valence-electron chi connectivity index (χ2n) is 4.74. The molecule has 2 atom stereocenters. The summed E-state index contributed by atoms with van der Waals surface area (Å²) in [6.45, 7) is 5.71. The van der Waals surface area contributed by atoms with E-state index in [0.29, 0.717) is 6.04 Å². The average Bonchev–Trinajstić information content (AvgIpc) is 2.30. The fourth-order valence-corrected chi connectivity index (χ4v) is 2.31. The Morgan fingerprint density at radius 1 is 1.33 bits per heavy atom. The molecule has 1 aromatic carbocycles. The number of hydrogen-bond acceptors (Lipinski definition) is 1. The molecule has 1 heterocycles. The summed E-state index contributed by atoms with van der Waals surface area (Å²) in [6, 6.07) is 9.61. The first-order valence-electron chi connectivity index (χ1n) is 6.12. The molecule has 1 aliphatic rings. The topological polar surface area (TPSA) is 12.0 Å². The molecule has 2 rings (SSSR count). The Bertz CT molecular complexity index is 311. The van der Waals surface area contributed by atoms with E-state index in [1.807, 2.05) is 0 Å². The van der Waals surface area contributed by atoms with E-state index in [0.717, 1.165) is 12.3 Å². The first-order chi connectivity index (χ1) is 7.29. The predicted octanol–water partition coefficient (Wildman–Crippen LogP) is 3.31. The van der Waals surface area contributed by atoms with Gasteiger partial charge in [-0.25, -0.2) is 0 Å². The van der Waals surface area contributed by atoms with Gasteiger partial charge >= 0.3 is 0 Å². The molecule has 0 aliphatic carbocycles.